The van der Waals surface area contributed by atoms with Crippen molar-refractivity contribution >= 4 is 24.0 Å². The summed E-state index contributed by atoms with van der Waals surface area (Å²) in [6.45, 7) is 3.71. The monoisotopic (exact) mass is 349 g/mol. The summed E-state index contributed by atoms with van der Waals surface area (Å²) >= 11 is 6.05. The Bertz CT molecular complexity index is 562. The van der Waals surface area contributed by atoms with Crippen LogP contribution in [0.5, 0.6) is 0 Å². The number of hydrogen-bond donors (Lipinski definition) is 0. The van der Waals surface area contributed by atoms with Gasteiger partial charge in [-0.15, -0.1) is 12.4 Å². The van der Waals surface area contributed by atoms with Gasteiger partial charge >= 0.3 is 0 Å². The lowest BCUT2D eigenvalue weighted by Gasteiger charge is -2.28. The van der Waals surface area contributed by atoms with Crippen LogP contribution in [0.2, 0.25) is 5.02 Å². The molecule has 0 unspecified atom stereocenters. The smallest absolute Gasteiger partial charge is 0.0406 e. The molecule has 0 amide bonds. The molecule has 23 heavy (non-hydrogen) atoms. The highest BCUT2D eigenvalue weighted by Gasteiger charge is 2.17. The van der Waals surface area contributed by atoms with Gasteiger partial charge in [0.05, 0.1) is 0 Å². The molecular weight excluding hydrogens is 325 g/mol. The molecule has 0 aliphatic carbocycles. The van der Waals surface area contributed by atoms with Crippen LogP contribution >= 0.6 is 24.0 Å². The second-order valence-corrected chi connectivity index (χ2v) is 6.64. The Labute approximate surface area is 151 Å². The van der Waals surface area contributed by atoms with Gasteiger partial charge < -0.3 is 4.90 Å². The summed E-state index contributed by atoms with van der Waals surface area (Å²) in [4.78, 5) is 2.62. The summed E-state index contributed by atoms with van der Waals surface area (Å²) < 4.78 is 0. The van der Waals surface area contributed by atoms with Crippen molar-refractivity contribution in [3.05, 3.63) is 70.7 Å². The van der Waals surface area contributed by atoms with Crippen molar-refractivity contribution in [3.8, 4) is 0 Å². The van der Waals surface area contributed by atoms with Crippen molar-refractivity contribution in [2.45, 2.75) is 31.6 Å². The van der Waals surface area contributed by atoms with E-state index in [1.807, 2.05) is 12.1 Å². The van der Waals surface area contributed by atoms with E-state index in [2.05, 4.69) is 47.4 Å². The van der Waals surface area contributed by atoms with Gasteiger partial charge in [-0.3, -0.25) is 0 Å². The zero-order chi connectivity index (χ0) is 15.2. The number of hydrogen-bond acceptors (Lipinski definition) is 1. The van der Waals surface area contributed by atoms with E-state index in [4.69, 9.17) is 11.6 Å². The fraction of sp³-hybridized carbons (Fsp3) is 0.400. The van der Waals surface area contributed by atoms with E-state index in [0.717, 1.165) is 5.02 Å². The maximum atomic E-state index is 6.05. The third kappa shape index (κ3) is 5.24. The predicted octanol–water partition coefficient (Wildman–Crippen LogP) is 5.77. The van der Waals surface area contributed by atoms with Gasteiger partial charge in [-0.2, -0.15) is 0 Å². The molecule has 2 aromatic rings. The van der Waals surface area contributed by atoms with E-state index in [0.29, 0.717) is 5.92 Å². The highest BCUT2D eigenvalue weighted by molar-refractivity contribution is 6.30. The average molecular weight is 350 g/mol. The van der Waals surface area contributed by atoms with Gasteiger partial charge in [0.2, 0.25) is 0 Å². The summed E-state index contributed by atoms with van der Waals surface area (Å²) in [7, 11) is 0. The molecule has 1 heterocycles. The van der Waals surface area contributed by atoms with Crippen molar-refractivity contribution in [3.63, 3.8) is 0 Å². The van der Waals surface area contributed by atoms with Gasteiger partial charge in [0.1, 0.15) is 0 Å². The van der Waals surface area contributed by atoms with Crippen LogP contribution in [0.4, 0.5) is 0 Å². The van der Waals surface area contributed by atoms with Crippen LogP contribution in [-0.2, 0) is 0 Å². The molecule has 1 aliphatic heterocycles. The van der Waals surface area contributed by atoms with E-state index >= 15 is 0 Å². The van der Waals surface area contributed by atoms with Crippen LogP contribution in [0, 0.1) is 0 Å². The summed E-state index contributed by atoms with van der Waals surface area (Å²) in [5.41, 5.74) is 2.77. The van der Waals surface area contributed by atoms with Crippen LogP contribution < -0.4 is 0 Å². The molecule has 2 aromatic carbocycles. The van der Waals surface area contributed by atoms with Crippen LogP contribution in [0.25, 0.3) is 0 Å². The second kappa shape index (κ2) is 9.32. The molecule has 0 radical (unpaired) electrons. The molecule has 124 valence electrons. The SMILES string of the molecule is Cl.Clc1ccc([C@H](CCN2CCCCC2)c2ccccc2)cc1. The zero-order valence-electron chi connectivity index (χ0n) is 13.5. The molecule has 1 fully saturated rings. The second-order valence-electron chi connectivity index (χ2n) is 6.21. The van der Waals surface area contributed by atoms with Gasteiger partial charge in [-0.1, -0.05) is 60.5 Å². The van der Waals surface area contributed by atoms with Gasteiger partial charge in [-0.05, 0) is 62.2 Å². The Morgan fingerprint density at radius 3 is 2.09 bits per heavy atom. The lowest BCUT2D eigenvalue weighted by molar-refractivity contribution is 0.223. The van der Waals surface area contributed by atoms with E-state index in [1.165, 1.54) is 56.4 Å². The Kier molecular flexibility index (Phi) is 7.42. The lowest BCUT2D eigenvalue weighted by Crippen LogP contribution is -2.31. The van der Waals surface area contributed by atoms with Crippen molar-refractivity contribution in [2.24, 2.45) is 0 Å². The standard InChI is InChI=1S/C20H24ClN.ClH/c21-19-11-9-18(10-12-19)20(17-7-3-1-4-8-17)13-16-22-14-5-2-6-15-22;/h1,3-4,7-12,20H,2,5-6,13-16H2;1H/t20-;/m1./s1. The number of rotatable bonds is 5. The van der Waals surface area contributed by atoms with Crippen molar-refractivity contribution in [2.75, 3.05) is 19.6 Å². The molecule has 0 N–H and O–H groups in total. The predicted molar refractivity (Wildman–Crippen MR) is 102 cm³/mol. The molecule has 1 saturated heterocycles. The number of halogens is 2. The van der Waals surface area contributed by atoms with Crippen molar-refractivity contribution < 1.29 is 0 Å². The Morgan fingerprint density at radius 1 is 0.826 bits per heavy atom. The van der Waals surface area contributed by atoms with Crippen molar-refractivity contribution in [1.29, 1.82) is 0 Å². The summed E-state index contributed by atoms with van der Waals surface area (Å²) in [6.07, 6.45) is 5.29. The van der Waals surface area contributed by atoms with Gasteiger partial charge in [-0.25, -0.2) is 0 Å². The number of likely N-dealkylation sites (tertiary alicyclic amines) is 1. The Hall–Kier alpha value is -1.02. The Balaban J connectivity index is 0.00000192. The van der Waals surface area contributed by atoms with E-state index in [-0.39, 0.29) is 12.4 Å². The third-order valence-corrected chi connectivity index (χ3v) is 4.91. The number of nitrogens with zero attached hydrogens (tertiary/aromatic N) is 1. The van der Waals surface area contributed by atoms with Crippen LogP contribution in [0.3, 0.4) is 0 Å². The van der Waals surface area contributed by atoms with Crippen LogP contribution in [-0.4, -0.2) is 24.5 Å². The Morgan fingerprint density at radius 2 is 1.43 bits per heavy atom. The molecule has 1 aliphatic rings. The van der Waals surface area contributed by atoms with Crippen LogP contribution in [0.1, 0.15) is 42.7 Å². The molecule has 0 bridgehead atoms. The maximum absolute atomic E-state index is 6.05. The molecule has 1 atom stereocenters. The molecule has 0 saturated carbocycles. The minimum atomic E-state index is 0. The number of benzene rings is 2. The fourth-order valence-electron chi connectivity index (χ4n) is 3.40. The zero-order valence-corrected chi connectivity index (χ0v) is 15.0. The van der Waals surface area contributed by atoms with E-state index < -0.39 is 0 Å². The fourth-order valence-corrected chi connectivity index (χ4v) is 3.53. The minimum Gasteiger partial charge on any atom is -0.303 e. The van der Waals surface area contributed by atoms with Crippen LogP contribution in [0.15, 0.2) is 54.6 Å². The average Bonchev–Trinajstić information content (AvgIpc) is 2.58. The summed E-state index contributed by atoms with van der Waals surface area (Å²) in [6, 6.07) is 19.2. The normalized spacial score (nSPS) is 16.6. The van der Waals surface area contributed by atoms with E-state index in [1.54, 1.807) is 0 Å². The topological polar surface area (TPSA) is 3.24 Å². The van der Waals surface area contributed by atoms with Gasteiger partial charge in [0.25, 0.3) is 0 Å². The lowest BCUT2D eigenvalue weighted by atomic mass is 9.88. The minimum absolute atomic E-state index is 0. The first-order chi connectivity index (χ1) is 10.8. The maximum Gasteiger partial charge on any atom is 0.0406 e. The molecule has 3 heteroatoms. The van der Waals surface area contributed by atoms with E-state index in [9.17, 15) is 0 Å². The largest absolute Gasteiger partial charge is 0.303 e. The molecule has 0 aromatic heterocycles. The highest BCUT2D eigenvalue weighted by atomic mass is 35.5. The number of piperidine rings is 1. The summed E-state index contributed by atoms with van der Waals surface area (Å²) in [5.74, 6) is 0.459. The summed E-state index contributed by atoms with van der Waals surface area (Å²) in [5, 5.41) is 0.812. The third-order valence-electron chi connectivity index (χ3n) is 4.66. The van der Waals surface area contributed by atoms with Gasteiger partial charge in [0.15, 0.2) is 0 Å². The van der Waals surface area contributed by atoms with Crippen molar-refractivity contribution in [1.82, 2.24) is 4.90 Å². The first-order valence-corrected chi connectivity index (χ1v) is 8.73. The molecule has 0 spiro atoms. The van der Waals surface area contributed by atoms with Gasteiger partial charge in [0, 0.05) is 10.9 Å². The quantitative estimate of drug-likeness (QED) is 0.662. The first kappa shape index (κ1) is 18.3. The molecule has 1 nitrogen and oxygen atoms in total. The molecule has 3 rings (SSSR count). The highest BCUT2D eigenvalue weighted by Crippen LogP contribution is 2.29. The molecular formula is C20H25Cl2N. The first-order valence-electron chi connectivity index (χ1n) is 8.36.